The number of hydrogen-bond donors (Lipinski definition) is 3. The van der Waals surface area contributed by atoms with Gasteiger partial charge in [0.15, 0.2) is 0 Å². The van der Waals surface area contributed by atoms with Crippen molar-refractivity contribution >= 4 is 55.8 Å². The third kappa shape index (κ3) is 6.14. The van der Waals surface area contributed by atoms with Gasteiger partial charge >= 0.3 is 0 Å². The van der Waals surface area contributed by atoms with Crippen LogP contribution >= 0.6 is 23.2 Å². The average Bonchev–Trinajstić information content (AvgIpc) is 2.90. The van der Waals surface area contributed by atoms with Crippen LogP contribution in [0.2, 0.25) is 10.0 Å². The summed E-state index contributed by atoms with van der Waals surface area (Å²) in [5, 5.41) is 4.85. The van der Waals surface area contributed by atoms with Gasteiger partial charge in [-0.05, 0) is 104 Å². The molecule has 7 nitrogen and oxygen atoms in total. The fourth-order valence-corrected chi connectivity index (χ4v) is 6.92. The molecule has 4 N–H and O–H groups in total. The Morgan fingerprint density at radius 1 is 1.03 bits per heavy atom. The molecule has 0 saturated heterocycles. The summed E-state index contributed by atoms with van der Waals surface area (Å²) in [7, 11) is -3.91. The van der Waals surface area contributed by atoms with Crippen molar-refractivity contribution in [1.29, 1.82) is 0 Å². The van der Waals surface area contributed by atoms with E-state index in [4.69, 9.17) is 33.9 Å². The Labute approximate surface area is 239 Å². The lowest BCUT2D eigenvalue weighted by molar-refractivity contribution is 0.410. The van der Waals surface area contributed by atoms with Gasteiger partial charge in [-0.15, -0.1) is 0 Å². The van der Waals surface area contributed by atoms with Crippen molar-refractivity contribution < 1.29 is 8.42 Å². The third-order valence-corrected chi connectivity index (χ3v) is 9.32. The van der Waals surface area contributed by atoms with E-state index in [0.29, 0.717) is 28.7 Å². The zero-order chi connectivity index (χ0) is 27.7. The minimum absolute atomic E-state index is 0.0681. The maximum Gasteiger partial charge on any atom is 0.263 e. The van der Waals surface area contributed by atoms with E-state index in [1.165, 1.54) is 12.1 Å². The third-order valence-electron chi connectivity index (χ3n) is 7.22. The molecule has 0 unspecified atom stereocenters. The van der Waals surface area contributed by atoms with Crippen LogP contribution in [0.5, 0.6) is 0 Å². The molecule has 1 heterocycles. The molecule has 5 rings (SSSR count). The number of nitrogens with zero attached hydrogens (tertiary/aromatic N) is 2. The maximum atomic E-state index is 13.0. The normalized spacial score (nSPS) is 17.8. The molecular formula is C29H31Cl2N5O2S. The van der Waals surface area contributed by atoms with Gasteiger partial charge in [0, 0.05) is 34.4 Å². The van der Waals surface area contributed by atoms with Gasteiger partial charge in [0.25, 0.3) is 10.0 Å². The molecule has 1 aliphatic rings. The molecule has 3 aromatic carbocycles. The molecule has 0 atom stereocenters. The molecular weight excluding hydrogens is 553 g/mol. The molecule has 204 valence electrons. The van der Waals surface area contributed by atoms with E-state index in [1.807, 2.05) is 19.2 Å². The Balaban J connectivity index is 1.41. The number of hydrogen-bond acceptors (Lipinski definition) is 6. The minimum Gasteiger partial charge on any atom is -0.351 e. The van der Waals surface area contributed by atoms with Crippen molar-refractivity contribution in [2.24, 2.45) is 5.73 Å². The van der Waals surface area contributed by atoms with Gasteiger partial charge < -0.3 is 11.1 Å². The largest absolute Gasteiger partial charge is 0.351 e. The number of benzene rings is 3. The van der Waals surface area contributed by atoms with E-state index in [1.54, 1.807) is 18.2 Å². The highest BCUT2D eigenvalue weighted by molar-refractivity contribution is 7.92. The van der Waals surface area contributed by atoms with E-state index in [-0.39, 0.29) is 9.92 Å². The SMILES string of the molecule is CCc1cc(-c2ccc(NS(=O)(=O)c3cc(Cl)ccc3Cl)cc2C)cc2cnc(N[C@H]3CC[C@H](N)CC3)nc12. The second-order valence-corrected chi connectivity index (χ2v) is 12.6. The lowest BCUT2D eigenvalue weighted by Gasteiger charge is -2.26. The highest BCUT2D eigenvalue weighted by Crippen LogP contribution is 2.33. The Hall–Kier alpha value is -2.91. The number of aryl methyl sites for hydroxylation is 2. The van der Waals surface area contributed by atoms with E-state index in [9.17, 15) is 8.42 Å². The fourth-order valence-electron chi connectivity index (χ4n) is 5.10. The summed E-state index contributed by atoms with van der Waals surface area (Å²) >= 11 is 12.1. The molecule has 0 amide bonds. The number of nitrogens with one attached hydrogen (secondary N) is 2. The second-order valence-electron chi connectivity index (χ2n) is 10.1. The van der Waals surface area contributed by atoms with Crippen LogP contribution in [0.25, 0.3) is 22.0 Å². The quantitative estimate of drug-likeness (QED) is 0.217. The van der Waals surface area contributed by atoms with Crippen LogP contribution < -0.4 is 15.8 Å². The summed E-state index contributed by atoms with van der Waals surface area (Å²) in [5.41, 5.74) is 11.5. The van der Waals surface area contributed by atoms with Gasteiger partial charge in [0.2, 0.25) is 5.95 Å². The zero-order valence-electron chi connectivity index (χ0n) is 21.8. The van der Waals surface area contributed by atoms with Crippen LogP contribution in [0, 0.1) is 6.92 Å². The van der Waals surface area contributed by atoms with Crippen LogP contribution in [0.15, 0.2) is 59.6 Å². The van der Waals surface area contributed by atoms with Crippen LogP contribution in [0.3, 0.4) is 0 Å². The maximum absolute atomic E-state index is 13.0. The topological polar surface area (TPSA) is 110 Å². The number of nitrogens with two attached hydrogens (primary N) is 1. The first-order valence-electron chi connectivity index (χ1n) is 13.0. The van der Waals surface area contributed by atoms with Crippen LogP contribution in [-0.4, -0.2) is 30.5 Å². The highest BCUT2D eigenvalue weighted by atomic mass is 35.5. The van der Waals surface area contributed by atoms with Crippen molar-refractivity contribution in [3.63, 3.8) is 0 Å². The van der Waals surface area contributed by atoms with Crippen molar-refractivity contribution in [2.45, 2.75) is 62.9 Å². The standard InChI is InChI=1S/C29H31Cl2N5O2S/c1-3-18-13-19(14-20-16-33-29(35-28(18)20)34-23-7-5-22(32)6-8-23)25-10-9-24(12-17(25)2)36-39(37,38)27-15-21(30)4-11-26(27)31/h4,9-16,22-23,36H,3,5-8,32H2,1-2H3,(H,33,34,35)/t22-,23-. The number of anilines is 2. The summed E-state index contributed by atoms with van der Waals surface area (Å²) in [4.78, 5) is 9.39. The van der Waals surface area contributed by atoms with Crippen molar-refractivity contribution in [1.82, 2.24) is 9.97 Å². The van der Waals surface area contributed by atoms with E-state index in [0.717, 1.165) is 65.3 Å². The monoisotopic (exact) mass is 583 g/mol. The first kappa shape index (κ1) is 27.6. The lowest BCUT2D eigenvalue weighted by atomic mass is 9.92. The van der Waals surface area contributed by atoms with Crippen molar-refractivity contribution in [3.05, 3.63) is 75.9 Å². The molecule has 0 spiro atoms. The minimum atomic E-state index is -3.91. The Morgan fingerprint density at radius 3 is 2.51 bits per heavy atom. The van der Waals surface area contributed by atoms with Crippen LogP contribution in [-0.2, 0) is 16.4 Å². The van der Waals surface area contributed by atoms with Crippen molar-refractivity contribution in [3.8, 4) is 11.1 Å². The molecule has 10 heteroatoms. The summed E-state index contributed by atoms with van der Waals surface area (Å²) in [5.74, 6) is 0.651. The molecule has 4 aromatic rings. The first-order chi connectivity index (χ1) is 18.6. The number of rotatable bonds is 7. The van der Waals surface area contributed by atoms with Gasteiger partial charge in [-0.2, -0.15) is 0 Å². The molecule has 1 saturated carbocycles. The highest BCUT2D eigenvalue weighted by Gasteiger charge is 2.21. The Bertz CT molecular complexity index is 1640. The fraction of sp³-hybridized carbons (Fsp3) is 0.310. The summed E-state index contributed by atoms with van der Waals surface area (Å²) in [6, 6.07) is 14.7. The van der Waals surface area contributed by atoms with Gasteiger partial charge in [0.1, 0.15) is 4.90 Å². The molecule has 0 bridgehead atoms. The Kier molecular flexibility index (Phi) is 8.01. The molecule has 1 fully saturated rings. The van der Waals surface area contributed by atoms with E-state index in [2.05, 4.69) is 34.1 Å². The van der Waals surface area contributed by atoms with Crippen molar-refractivity contribution in [2.75, 3.05) is 10.0 Å². The van der Waals surface area contributed by atoms with Gasteiger partial charge in [-0.1, -0.05) is 36.2 Å². The van der Waals surface area contributed by atoms with Gasteiger partial charge in [-0.25, -0.2) is 18.4 Å². The summed E-state index contributed by atoms with van der Waals surface area (Å²) < 4.78 is 28.5. The molecule has 0 aliphatic heterocycles. The Morgan fingerprint density at radius 2 is 1.79 bits per heavy atom. The second kappa shape index (κ2) is 11.3. The summed E-state index contributed by atoms with van der Waals surface area (Å²) in [6.07, 6.45) is 6.77. The predicted molar refractivity (Wildman–Crippen MR) is 160 cm³/mol. The van der Waals surface area contributed by atoms with Crippen LogP contribution in [0.1, 0.15) is 43.7 Å². The van der Waals surface area contributed by atoms with E-state index < -0.39 is 10.0 Å². The first-order valence-corrected chi connectivity index (χ1v) is 15.3. The molecule has 0 radical (unpaired) electrons. The molecule has 1 aromatic heterocycles. The number of aromatic nitrogens is 2. The summed E-state index contributed by atoms with van der Waals surface area (Å²) in [6.45, 7) is 4.07. The smallest absolute Gasteiger partial charge is 0.263 e. The van der Waals surface area contributed by atoms with Gasteiger partial charge in [0.05, 0.1) is 10.5 Å². The number of fused-ring (bicyclic) bond motifs is 1. The molecule has 1 aliphatic carbocycles. The number of sulfonamides is 1. The van der Waals surface area contributed by atoms with E-state index >= 15 is 0 Å². The lowest BCUT2D eigenvalue weighted by Crippen LogP contribution is -2.33. The number of halogens is 2. The zero-order valence-corrected chi connectivity index (χ0v) is 24.2. The average molecular weight is 585 g/mol. The van der Waals surface area contributed by atoms with Crippen LogP contribution in [0.4, 0.5) is 11.6 Å². The predicted octanol–water partition coefficient (Wildman–Crippen LogP) is 6.96. The molecule has 39 heavy (non-hydrogen) atoms. The van der Waals surface area contributed by atoms with Gasteiger partial charge in [-0.3, -0.25) is 4.72 Å².